The van der Waals surface area contributed by atoms with E-state index in [9.17, 15) is 14.9 Å². The quantitative estimate of drug-likeness (QED) is 0.425. The highest BCUT2D eigenvalue weighted by Gasteiger charge is 2.42. The van der Waals surface area contributed by atoms with E-state index in [-0.39, 0.29) is 11.6 Å². The Labute approximate surface area is 186 Å². The number of amides is 1. The fourth-order valence-electron chi connectivity index (χ4n) is 3.90. The molecule has 4 rings (SSSR count). The van der Waals surface area contributed by atoms with Crippen molar-refractivity contribution in [1.82, 2.24) is 0 Å². The molecular formula is C25H24N2O5. The number of carbonyl (C=O) groups excluding carboxylic acids is 1. The van der Waals surface area contributed by atoms with Crippen molar-refractivity contribution in [2.45, 2.75) is 24.9 Å². The lowest BCUT2D eigenvalue weighted by atomic mass is 9.73. The smallest absolute Gasteiger partial charge is 0.269 e. The molecule has 1 heterocycles. The second-order valence-electron chi connectivity index (χ2n) is 7.75. The summed E-state index contributed by atoms with van der Waals surface area (Å²) in [5, 5.41) is 14.0. The number of nitrogens with zero attached hydrogens (tertiary/aromatic N) is 1. The molecule has 1 aliphatic heterocycles. The number of hydrogen-bond donors (Lipinski definition) is 1. The minimum absolute atomic E-state index is 0.00228. The maximum absolute atomic E-state index is 13.4. The third kappa shape index (κ3) is 4.78. The van der Waals surface area contributed by atoms with E-state index in [1.165, 1.54) is 12.1 Å². The van der Waals surface area contributed by atoms with E-state index in [4.69, 9.17) is 9.47 Å². The summed E-state index contributed by atoms with van der Waals surface area (Å²) in [4.78, 5) is 23.9. The summed E-state index contributed by atoms with van der Waals surface area (Å²) in [6.07, 6.45) is 1.02. The molecule has 1 fully saturated rings. The van der Waals surface area contributed by atoms with Gasteiger partial charge in [-0.3, -0.25) is 14.9 Å². The van der Waals surface area contributed by atoms with Crippen LogP contribution >= 0.6 is 0 Å². The van der Waals surface area contributed by atoms with E-state index in [0.29, 0.717) is 44.1 Å². The van der Waals surface area contributed by atoms with E-state index in [0.717, 1.165) is 11.1 Å². The predicted octanol–water partition coefficient (Wildman–Crippen LogP) is 4.86. The molecule has 164 valence electrons. The first kappa shape index (κ1) is 21.5. The summed E-state index contributed by atoms with van der Waals surface area (Å²) in [7, 11) is 0. The standard InChI is InChI=1S/C25H24N2O5/c28-24(25(14-16-31-17-15-25)20-6-10-22(11-7-20)27(29)30)26-21-8-12-23(13-9-21)32-18-19-4-2-1-3-5-19/h1-13H,14-18H2,(H,26,28). The predicted molar refractivity (Wildman–Crippen MR) is 121 cm³/mol. The van der Waals surface area contributed by atoms with Gasteiger partial charge in [0.15, 0.2) is 0 Å². The molecule has 7 heteroatoms. The maximum Gasteiger partial charge on any atom is 0.269 e. The Morgan fingerprint density at radius 2 is 1.62 bits per heavy atom. The molecule has 3 aromatic carbocycles. The first-order valence-electron chi connectivity index (χ1n) is 10.5. The first-order valence-corrected chi connectivity index (χ1v) is 10.5. The topological polar surface area (TPSA) is 90.7 Å². The van der Waals surface area contributed by atoms with Crippen LogP contribution in [-0.4, -0.2) is 24.0 Å². The minimum atomic E-state index is -0.796. The average Bonchev–Trinajstić information content (AvgIpc) is 2.84. The largest absolute Gasteiger partial charge is 0.489 e. The molecule has 32 heavy (non-hydrogen) atoms. The minimum Gasteiger partial charge on any atom is -0.489 e. The summed E-state index contributed by atoms with van der Waals surface area (Å²) in [6, 6.07) is 23.4. The van der Waals surface area contributed by atoms with Gasteiger partial charge in [0.1, 0.15) is 12.4 Å². The number of rotatable bonds is 7. The number of nitro benzene ring substituents is 1. The Kier molecular flexibility index (Phi) is 6.47. The van der Waals surface area contributed by atoms with Crippen molar-refractivity contribution >= 4 is 17.3 Å². The second-order valence-corrected chi connectivity index (χ2v) is 7.75. The summed E-state index contributed by atoms with van der Waals surface area (Å²) in [5.74, 6) is 0.565. The Bertz CT molecular complexity index is 1060. The van der Waals surface area contributed by atoms with Gasteiger partial charge >= 0.3 is 0 Å². The van der Waals surface area contributed by atoms with Crippen LogP contribution in [0.4, 0.5) is 11.4 Å². The Hall–Kier alpha value is -3.71. The van der Waals surface area contributed by atoms with Gasteiger partial charge in [-0.15, -0.1) is 0 Å². The van der Waals surface area contributed by atoms with E-state index in [1.807, 2.05) is 42.5 Å². The molecule has 0 saturated carbocycles. The Morgan fingerprint density at radius 1 is 0.969 bits per heavy atom. The van der Waals surface area contributed by atoms with Crippen LogP contribution in [0.1, 0.15) is 24.0 Å². The number of benzene rings is 3. The lowest BCUT2D eigenvalue weighted by Crippen LogP contribution is -2.44. The molecule has 0 atom stereocenters. The van der Waals surface area contributed by atoms with Gasteiger partial charge in [0.05, 0.1) is 10.3 Å². The first-order chi connectivity index (χ1) is 15.6. The fourth-order valence-corrected chi connectivity index (χ4v) is 3.90. The molecule has 0 unspecified atom stereocenters. The molecular weight excluding hydrogens is 408 g/mol. The lowest BCUT2D eigenvalue weighted by molar-refractivity contribution is -0.384. The highest BCUT2D eigenvalue weighted by Crippen LogP contribution is 2.37. The summed E-state index contributed by atoms with van der Waals surface area (Å²) in [6.45, 7) is 1.38. The van der Waals surface area contributed by atoms with Crippen LogP contribution in [0.3, 0.4) is 0 Å². The van der Waals surface area contributed by atoms with Crippen LogP contribution in [0.25, 0.3) is 0 Å². The molecule has 1 N–H and O–H groups in total. The number of nitro groups is 1. The number of anilines is 1. The Morgan fingerprint density at radius 3 is 2.25 bits per heavy atom. The van der Waals surface area contributed by atoms with Gasteiger partial charge in [-0.05, 0) is 48.2 Å². The average molecular weight is 432 g/mol. The van der Waals surface area contributed by atoms with Crippen molar-refractivity contribution in [2.24, 2.45) is 0 Å². The van der Waals surface area contributed by atoms with Gasteiger partial charge < -0.3 is 14.8 Å². The van der Waals surface area contributed by atoms with E-state index >= 15 is 0 Å². The summed E-state index contributed by atoms with van der Waals surface area (Å²) >= 11 is 0. The summed E-state index contributed by atoms with van der Waals surface area (Å²) < 4.78 is 11.3. The molecule has 1 saturated heterocycles. The van der Waals surface area contributed by atoms with Crippen molar-refractivity contribution < 1.29 is 19.2 Å². The van der Waals surface area contributed by atoms with Gasteiger partial charge in [0.25, 0.3) is 5.69 Å². The van der Waals surface area contributed by atoms with Crippen molar-refractivity contribution in [3.63, 3.8) is 0 Å². The van der Waals surface area contributed by atoms with Gasteiger partial charge in [0, 0.05) is 31.0 Å². The van der Waals surface area contributed by atoms with Gasteiger partial charge in [-0.1, -0.05) is 42.5 Å². The van der Waals surface area contributed by atoms with Crippen LogP contribution in [0, 0.1) is 10.1 Å². The molecule has 0 aromatic heterocycles. The number of hydrogen-bond acceptors (Lipinski definition) is 5. The number of ether oxygens (including phenoxy) is 2. The zero-order valence-electron chi connectivity index (χ0n) is 17.5. The zero-order valence-corrected chi connectivity index (χ0v) is 17.5. The van der Waals surface area contributed by atoms with Crippen LogP contribution in [0.5, 0.6) is 5.75 Å². The number of non-ortho nitro benzene ring substituents is 1. The maximum atomic E-state index is 13.4. The van der Waals surface area contributed by atoms with E-state index < -0.39 is 10.3 Å². The highest BCUT2D eigenvalue weighted by atomic mass is 16.6. The van der Waals surface area contributed by atoms with Crippen LogP contribution in [0.2, 0.25) is 0 Å². The third-order valence-electron chi connectivity index (χ3n) is 5.77. The molecule has 7 nitrogen and oxygen atoms in total. The van der Waals surface area contributed by atoms with Crippen LogP contribution in [0.15, 0.2) is 78.9 Å². The molecule has 0 bridgehead atoms. The SMILES string of the molecule is O=C(Nc1ccc(OCc2ccccc2)cc1)C1(c2ccc([N+](=O)[O-])cc2)CCOCC1. The third-order valence-corrected chi connectivity index (χ3v) is 5.77. The summed E-state index contributed by atoms with van der Waals surface area (Å²) in [5.41, 5.74) is 1.70. The van der Waals surface area contributed by atoms with Crippen molar-refractivity contribution in [3.05, 3.63) is 100 Å². The van der Waals surface area contributed by atoms with E-state index in [2.05, 4.69) is 5.32 Å². The molecule has 3 aromatic rings. The van der Waals surface area contributed by atoms with E-state index in [1.54, 1.807) is 24.3 Å². The highest BCUT2D eigenvalue weighted by molar-refractivity contribution is 5.99. The van der Waals surface area contributed by atoms with Gasteiger partial charge in [-0.25, -0.2) is 0 Å². The molecule has 0 spiro atoms. The van der Waals surface area contributed by atoms with Crippen LogP contribution < -0.4 is 10.1 Å². The lowest BCUT2D eigenvalue weighted by Gasteiger charge is -2.36. The molecule has 1 amide bonds. The van der Waals surface area contributed by atoms with Crippen molar-refractivity contribution in [3.8, 4) is 5.75 Å². The van der Waals surface area contributed by atoms with Gasteiger partial charge in [0.2, 0.25) is 5.91 Å². The fraction of sp³-hybridized carbons (Fsp3) is 0.240. The van der Waals surface area contributed by atoms with Crippen molar-refractivity contribution in [2.75, 3.05) is 18.5 Å². The number of carbonyl (C=O) groups is 1. The molecule has 1 aliphatic rings. The van der Waals surface area contributed by atoms with Crippen molar-refractivity contribution in [1.29, 1.82) is 0 Å². The molecule has 0 radical (unpaired) electrons. The number of nitrogens with one attached hydrogen (secondary N) is 1. The zero-order chi connectivity index (χ0) is 22.4. The molecule has 0 aliphatic carbocycles. The second kappa shape index (κ2) is 9.62. The van der Waals surface area contributed by atoms with Crippen LogP contribution in [-0.2, 0) is 21.6 Å². The Balaban J connectivity index is 1.46. The van der Waals surface area contributed by atoms with Gasteiger partial charge in [-0.2, -0.15) is 0 Å². The normalized spacial score (nSPS) is 15.0. The monoisotopic (exact) mass is 432 g/mol.